The normalized spacial score (nSPS) is 14.0. The molecular formula is C12H16ClN3. The number of alkyl halides is 1. The van der Waals surface area contributed by atoms with E-state index in [0.717, 1.165) is 17.0 Å². The minimum atomic E-state index is -0.199. The number of hydrogen-bond acceptors (Lipinski definition) is 2. The van der Waals surface area contributed by atoms with Crippen LogP contribution in [0.15, 0.2) is 24.3 Å². The number of hydrogen-bond donors (Lipinski definition) is 2. The molecule has 16 heavy (non-hydrogen) atoms. The van der Waals surface area contributed by atoms with Crippen molar-refractivity contribution >= 4 is 28.6 Å². The van der Waals surface area contributed by atoms with Crippen LogP contribution >= 0.6 is 11.6 Å². The van der Waals surface area contributed by atoms with Gasteiger partial charge in [-0.2, -0.15) is 0 Å². The van der Waals surface area contributed by atoms with Crippen LogP contribution in [-0.2, 0) is 0 Å². The molecule has 86 valence electrons. The summed E-state index contributed by atoms with van der Waals surface area (Å²) in [6.07, 6.45) is 0. The summed E-state index contributed by atoms with van der Waals surface area (Å²) in [5, 5.41) is 3.32. The number of halogens is 1. The molecule has 1 atom stereocenters. The summed E-state index contributed by atoms with van der Waals surface area (Å²) in [6.45, 7) is 6.08. The molecule has 2 rings (SSSR count). The second-order valence-corrected chi connectivity index (χ2v) is 5.22. The van der Waals surface area contributed by atoms with E-state index in [-0.39, 0.29) is 10.9 Å². The van der Waals surface area contributed by atoms with Gasteiger partial charge in [0.1, 0.15) is 0 Å². The van der Waals surface area contributed by atoms with Crippen molar-refractivity contribution in [1.82, 2.24) is 9.97 Å². The number of anilines is 1. The van der Waals surface area contributed by atoms with E-state index in [9.17, 15) is 0 Å². The number of para-hydroxylation sites is 2. The molecule has 4 heteroatoms. The molecule has 2 N–H and O–H groups in total. The molecule has 0 radical (unpaired) electrons. The average Bonchev–Trinajstić information content (AvgIpc) is 2.58. The first-order valence-electron chi connectivity index (χ1n) is 5.36. The Kier molecular flexibility index (Phi) is 2.80. The maximum atomic E-state index is 6.11. The average molecular weight is 238 g/mol. The van der Waals surface area contributed by atoms with Gasteiger partial charge in [-0.05, 0) is 32.9 Å². The highest BCUT2D eigenvalue weighted by Crippen LogP contribution is 2.21. The van der Waals surface area contributed by atoms with Gasteiger partial charge in [-0.25, -0.2) is 4.98 Å². The van der Waals surface area contributed by atoms with Crippen LogP contribution in [0, 0.1) is 0 Å². The Bertz CT molecular complexity index is 455. The standard InChI is InChI=1S/C12H16ClN3/c1-8(13)12(2,3)16-11-14-9-6-4-5-7-10(9)15-11/h4-8H,1-3H3,(H2,14,15,16). The molecule has 0 aliphatic heterocycles. The predicted octanol–water partition coefficient (Wildman–Crippen LogP) is 3.38. The monoisotopic (exact) mass is 237 g/mol. The smallest absolute Gasteiger partial charge is 0.201 e. The molecule has 2 aromatic rings. The van der Waals surface area contributed by atoms with Crippen LogP contribution in [0.1, 0.15) is 20.8 Å². The summed E-state index contributed by atoms with van der Waals surface area (Å²) in [6, 6.07) is 7.95. The van der Waals surface area contributed by atoms with Crippen molar-refractivity contribution in [2.45, 2.75) is 31.7 Å². The molecule has 0 saturated carbocycles. The van der Waals surface area contributed by atoms with E-state index in [0.29, 0.717) is 0 Å². The van der Waals surface area contributed by atoms with E-state index in [2.05, 4.69) is 29.1 Å². The number of nitrogens with one attached hydrogen (secondary N) is 2. The third-order valence-electron chi connectivity index (χ3n) is 2.82. The van der Waals surface area contributed by atoms with Crippen LogP contribution in [0.25, 0.3) is 11.0 Å². The second-order valence-electron chi connectivity index (χ2n) is 4.57. The second kappa shape index (κ2) is 3.98. The fraction of sp³-hybridized carbons (Fsp3) is 0.417. The van der Waals surface area contributed by atoms with Gasteiger partial charge in [-0.15, -0.1) is 11.6 Å². The summed E-state index contributed by atoms with van der Waals surface area (Å²) >= 11 is 6.11. The lowest BCUT2D eigenvalue weighted by Crippen LogP contribution is -2.39. The number of rotatable bonds is 3. The lowest BCUT2D eigenvalue weighted by atomic mass is 10.0. The molecule has 3 nitrogen and oxygen atoms in total. The van der Waals surface area contributed by atoms with Gasteiger partial charge in [-0.3, -0.25) is 0 Å². The van der Waals surface area contributed by atoms with Gasteiger partial charge < -0.3 is 10.3 Å². The summed E-state index contributed by atoms with van der Waals surface area (Å²) in [5.41, 5.74) is 1.79. The molecule has 0 fully saturated rings. The van der Waals surface area contributed by atoms with Gasteiger partial charge in [0.2, 0.25) is 5.95 Å². The lowest BCUT2D eigenvalue weighted by Gasteiger charge is -2.28. The molecular weight excluding hydrogens is 222 g/mol. The van der Waals surface area contributed by atoms with Crippen molar-refractivity contribution in [2.24, 2.45) is 0 Å². The third-order valence-corrected chi connectivity index (χ3v) is 3.37. The lowest BCUT2D eigenvalue weighted by molar-refractivity contribution is 0.551. The Morgan fingerprint density at radius 2 is 2.06 bits per heavy atom. The van der Waals surface area contributed by atoms with Crippen molar-refractivity contribution in [2.75, 3.05) is 5.32 Å². The van der Waals surface area contributed by atoms with Gasteiger partial charge >= 0.3 is 0 Å². The van der Waals surface area contributed by atoms with Crippen LogP contribution in [0.2, 0.25) is 0 Å². The predicted molar refractivity (Wildman–Crippen MR) is 69.1 cm³/mol. The van der Waals surface area contributed by atoms with Gasteiger partial charge in [0.25, 0.3) is 0 Å². The van der Waals surface area contributed by atoms with Gasteiger partial charge in [0.15, 0.2) is 0 Å². The number of H-pyrrole nitrogens is 1. The fourth-order valence-corrected chi connectivity index (χ4v) is 1.47. The van der Waals surface area contributed by atoms with Gasteiger partial charge in [-0.1, -0.05) is 12.1 Å². The molecule has 0 bridgehead atoms. The van der Waals surface area contributed by atoms with Crippen LogP contribution < -0.4 is 5.32 Å². The number of aromatic nitrogens is 2. The highest BCUT2D eigenvalue weighted by Gasteiger charge is 2.24. The van der Waals surface area contributed by atoms with E-state index in [1.54, 1.807) is 0 Å². The summed E-state index contributed by atoms with van der Waals surface area (Å²) in [7, 11) is 0. The number of aromatic amines is 1. The SMILES string of the molecule is CC(Cl)C(C)(C)Nc1nc2ccccc2[nH]1. The quantitative estimate of drug-likeness (QED) is 0.804. The molecule has 0 saturated heterocycles. The molecule has 0 amide bonds. The Morgan fingerprint density at radius 1 is 1.38 bits per heavy atom. The topological polar surface area (TPSA) is 40.7 Å². The largest absolute Gasteiger partial charge is 0.349 e. The summed E-state index contributed by atoms with van der Waals surface area (Å²) < 4.78 is 0. The molecule has 1 unspecified atom stereocenters. The van der Waals surface area contributed by atoms with E-state index in [4.69, 9.17) is 11.6 Å². The van der Waals surface area contributed by atoms with Crippen molar-refractivity contribution in [3.63, 3.8) is 0 Å². The molecule has 1 aromatic heterocycles. The number of imidazole rings is 1. The summed E-state index contributed by atoms with van der Waals surface area (Å²) in [5.74, 6) is 0.763. The number of nitrogens with zero attached hydrogens (tertiary/aromatic N) is 1. The van der Waals surface area contributed by atoms with E-state index < -0.39 is 0 Å². The first-order valence-corrected chi connectivity index (χ1v) is 5.80. The minimum absolute atomic E-state index is 0.0145. The Hall–Kier alpha value is -1.22. The Morgan fingerprint density at radius 3 is 2.69 bits per heavy atom. The number of benzene rings is 1. The molecule has 0 aliphatic rings. The Labute approximate surface area is 100 Å². The maximum absolute atomic E-state index is 6.11. The van der Waals surface area contributed by atoms with Crippen molar-refractivity contribution in [3.8, 4) is 0 Å². The van der Waals surface area contributed by atoms with Crippen LogP contribution in [0.4, 0.5) is 5.95 Å². The Balaban J connectivity index is 2.28. The van der Waals surface area contributed by atoms with Crippen molar-refractivity contribution < 1.29 is 0 Å². The van der Waals surface area contributed by atoms with E-state index in [1.165, 1.54) is 0 Å². The zero-order chi connectivity index (χ0) is 11.8. The van der Waals surface area contributed by atoms with E-state index >= 15 is 0 Å². The maximum Gasteiger partial charge on any atom is 0.201 e. The van der Waals surface area contributed by atoms with Crippen molar-refractivity contribution in [1.29, 1.82) is 0 Å². The zero-order valence-electron chi connectivity index (χ0n) is 9.71. The minimum Gasteiger partial charge on any atom is -0.349 e. The zero-order valence-corrected chi connectivity index (χ0v) is 10.5. The molecule has 0 aliphatic carbocycles. The number of fused-ring (bicyclic) bond motifs is 1. The molecule has 0 spiro atoms. The van der Waals surface area contributed by atoms with Crippen molar-refractivity contribution in [3.05, 3.63) is 24.3 Å². The van der Waals surface area contributed by atoms with Crippen LogP contribution in [0.5, 0.6) is 0 Å². The third kappa shape index (κ3) is 2.14. The molecule has 1 aromatic carbocycles. The summed E-state index contributed by atoms with van der Waals surface area (Å²) in [4.78, 5) is 7.68. The fourth-order valence-electron chi connectivity index (χ4n) is 1.42. The van der Waals surface area contributed by atoms with E-state index in [1.807, 2.05) is 31.2 Å². The van der Waals surface area contributed by atoms with Gasteiger partial charge in [0.05, 0.1) is 21.9 Å². The first kappa shape index (κ1) is 11.3. The highest BCUT2D eigenvalue weighted by molar-refractivity contribution is 6.21. The van der Waals surface area contributed by atoms with Gasteiger partial charge in [0, 0.05) is 0 Å². The molecule has 1 heterocycles. The first-order chi connectivity index (χ1) is 7.49. The van der Waals surface area contributed by atoms with Crippen LogP contribution in [-0.4, -0.2) is 20.9 Å². The van der Waals surface area contributed by atoms with Crippen LogP contribution in [0.3, 0.4) is 0 Å². The highest BCUT2D eigenvalue weighted by atomic mass is 35.5.